The van der Waals surface area contributed by atoms with E-state index in [0.717, 1.165) is 17.1 Å². The van der Waals surface area contributed by atoms with Gasteiger partial charge in [-0.25, -0.2) is 0 Å². The average molecular weight is 756 g/mol. The van der Waals surface area contributed by atoms with E-state index in [1.807, 2.05) is 0 Å². The van der Waals surface area contributed by atoms with Gasteiger partial charge in [0.2, 0.25) is 0 Å². The Kier molecular flexibility index (Phi) is 7.94. The third-order valence-corrected chi connectivity index (χ3v) is 13.2. The standard InChI is InChI=1S/C58H45N/c1-57(2)52-27-13-11-23-47(52)49-34-33-43(37-54(49)57)59(44-35-50(39-19-9-6-10-20-39)56-51(36-44)48-24-12-14-28-53(48)58(56,3)4)42-31-29-40(30-32-42)46-26-16-22-41-21-15-25-45(55(41)46)38-17-7-5-8-18-38/h5-37H,1-4H3. The highest BCUT2D eigenvalue weighted by molar-refractivity contribution is 6.06. The fourth-order valence-electron chi connectivity index (χ4n) is 10.4. The molecule has 0 heterocycles. The van der Waals surface area contributed by atoms with Gasteiger partial charge in [0.15, 0.2) is 0 Å². The van der Waals surface area contributed by atoms with E-state index in [9.17, 15) is 0 Å². The first-order chi connectivity index (χ1) is 28.8. The van der Waals surface area contributed by atoms with Crippen molar-refractivity contribution in [3.63, 3.8) is 0 Å². The molecule has 59 heavy (non-hydrogen) atoms. The van der Waals surface area contributed by atoms with Crippen LogP contribution in [0.1, 0.15) is 49.9 Å². The van der Waals surface area contributed by atoms with E-state index in [0.29, 0.717) is 0 Å². The number of hydrogen-bond acceptors (Lipinski definition) is 1. The normalized spacial score (nSPS) is 14.0. The summed E-state index contributed by atoms with van der Waals surface area (Å²) in [4.78, 5) is 2.49. The van der Waals surface area contributed by atoms with E-state index in [1.165, 1.54) is 88.7 Å². The Hall–Kier alpha value is -6.96. The molecule has 0 radical (unpaired) electrons. The van der Waals surface area contributed by atoms with Gasteiger partial charge in [0, 0.05) is 27.9 Å². The number of fused-ring (bicyclic) bond motifs is 7. The molecule has 0 spiro atoms. The van der Waals surface area contributed by atoms with Gasteiger partial charge in [-0.2, -0.15) is 0 Å². The molecule has 0 N–H and O–H groups in total. The first kappa shape index (κ1) is 35.2. The van der Waals surface area contributed by atoms with Crippen molar-refractivity contribution in [2.75, 3.05) is 4.90 Å². The summed E-state index contributed by atoms with van der Waals surface area (Å²) in [6.45, 7) is 9.51. The molecule has 0 amide bonds. The molecule has 0 aromatic heterocycles. The lowest BCUT2D eigenvalue weighted by Gasteiger charge is -2.30. The van der Waals surface area contributed by atoms with Crippen LogP contribution in [0.15, 0.2) is 200 Å². The van der Waals surface area contributed by atoms with Crippen LogP contribution in [0.5, 0.6) is 0 Å². The Labute approximate surface area is 347 Å². The molecule has 0 unspecified atom stereocenters. The lowest BCUT2D eigenvalue weighted by molar-refractivity contribution is 0.660. The summed E-state index contributed by atoms with van der Waals surface area (Å²) in [5, 5.41) is 2.52. The molecule has 0 atom stereocenters. The fraction of sp³-hybridized carbons (Fsp3) is 0.103. The molecule has 9 aromatic rings. The van der Waals surface area contributed by atoms with Crippen LogP contribution in [0.25, 0.3) is 66.4 Å². The zero-order valence-electron chi connectivity index (χ0n) is 34.0. The van der Waals surface area contributed by atoms with E-state index >= 15 is 0 Å². The lowest BCUT2D eigenvalue weighted by atomic mass is 9.78. The summed E-state index contributed by atoms with van der Waals surface area (Å²) in [5.74, 6) is 0. The van der Waals surface area contributed by atoms with Gasteiger partial charge in [-0.1, -0.05) is 191 Å². The second-order valence-electron chi connectivity index (χ2n) is 17.3. The number of hydrogen-bond donors (Lipinski definition) is 0. The third-order valence-electron chi connectivity index (χ3n) is 13.2. The van der Waals surface area contributed by atoms with E-state index in [-0.39, 0.29) is 10.8 Å². The summed E-state index contributed by atoms with van der Waals surface area (Å²) >= 11 is 0. The molecular weight excluding hydrogens is 711 g/mol. The maximum atomic E-state index is 2.49. The van der Waals surface area contributed by atoms with Crippen LogP contribution in [0.4, 0.5) is 17.1 Å². The van der Waals surface area contributed by atoms with Crippen molar-refractivity contribution < 1.29 is 0 Å². The van der Waals surface area contributed by atoms with E-state index in [2.05, 4.69) is 233 Å². The minimum atomic E-state index is -0.150. The van der Waals surface area contributed by atoms with Crippen molar-refractivity contribution in [2.45, 2.75) is 38.5 Å². The maximum Gasteiger partial charge on any atom is 0.0474 e. The molecule has 0 bridgehead atoms. The van der Waals surface area contributed by atoms with Gasteiger partial charge in [-0.05, 0) is 125 Å². The van der Waals surface area contributed by atoms with E-state index < -0.39 is 0 Å². The van der Waals surface area contributed by atoms with Gasteiger partial charge in [-0.3, -0.25) is 0 Å². The van der Waals surface area contributed by atoms with Crippen LogP contribution in [0, 0.1) is 0 Å². The average Bonchev–Trinajstić information content (AvgIpc) is 3.66. The van der Waals surface area contributed by atoms with Crippen molar-refractivity contribution in [1.29, 1.82) is 0 Å². The highest BCUT2D eigenvalue weighted by Crippen LogP contribution is 2.55. The number of anilines is 3. The van der Waals surface area contributed by atoms with Crippen molar-refractivity contribution >= 4 is 27.8 Å². The lowest BCUT2D eigenvalue weighted by Crippen LogP contribution is -2.18. The fourth-order valence-corrected chi connectivity index (χ4v) is 10.4. The predicted molar refractivity (Wildman–Crippen MR) is 250 cm³/mol. The SMILES string of the molecule is CC1(C)c2ccccc2-c2ccc(N(c3ccc(-c4cccc5cccc(-c6ccccc6)c45)cc3)c3cc(-c4ccccc4)c4c(c3)-c3ccccc3C4(C)C)cc21. The first-order valence-electron chi connectivity index (χ1n) is 20.8. The summed E-state index contributed by atoms with van der Waals surface area (Å²) in [6, 6.07) is 74.3. The Balaban J connectivity index is 1.13. The maximum absolute atomic E-state index is 2.49. The Bertz CT molecular complexity index is 3070. The summed E-state index contributed by atoms with van der Waals surface area (Å²) in [7, 11) is 0. The van der Waals surface area contributed by atoms with Crippen LogP contribution >= 0.6 is 0 Å². The van der Waals surface area contributed by atoms with E-state index in [4.69, 9.17) is 0 Å². The molecule has 1 nitrogen and oxygen atoms in total. The smallest absolute Gasteiger partial charge is 0.0474 e. The van der Waals surface area contributed by atoms with Gasteiger partial charge < -0.3 is 4.90 Å². The molecular formula is C58H45N. The Morgan fingerprint density at radius 3 is 1.42 bits per heavy atom. The largest absolute Gasteiger partial charge is 0.310 e. The topological polar surface area (TPSA) is 3.24 Å². The molecule has 282 valence electrons. The second kappa shape index (κ2) is 13.3. The molecule has 0 saturated heterocycles. The zero-order chi connectivity index (χ0) is 39.9. The highest BCUT2D eigenvalue weighted by Gasteiger charge is 2.39. The van der Waals surface area contributed by atoms with Crippen molar-refractivity contribution in [1.82, 2.24) is 0 Å². The van der Waals surface area contributed by atoms with Crippen LogP contribution in [0.2, 0.25) is 0 Å². The molecule has 2 aliphatic rings. The summed E-state index contributed by atoms with van der Waals surface area (Å²) in [5.41, 5.74) is 21.4. The van der Waals surface area contributed by atoms with Crippen LogP contribution in [-0.2, 0) is 10.8 Å². The van der Waals surface area contributed by atoms with Crippen molar-refractivity contribution in [2.24, 2.45) is 0 Å². The van der Waals surface area contributed by atoms with Gasteiger partial charge in [0.05, 0.1) is 0 Å². The summed E-state index contributed by atoms with van der Waals surface area (Å²) < 4.78 is 0. The number of nitrogens with zero attached hydrogens (tertiary/aromatic N) is 1. The van der Waals surface area contributed by atoms with Crippen LogP contribution < -0.4 is 4.90 Å². The third kappa shape index (κ3) is 5.45. The van der Waals surface area contributed by atoms with Crippen molar-refractivity contribution in [3.8, 4) is 55.6 Å². The van der Waals surface area contributed by atoms with Crippen LogP contribution in [0.3, 0.4) is 0 Å². The van der Waals surface area contributed by atoms with Crippen molar-refractivity contribution in [3.05, 3.63) is 222 Å². The minimum Gasteiger partial charge on any atom is -0.310 e. The monoisotopic (exact) mass is 755 g/mol. The quantitative estimate of drug-likeness (QED) is 0.163. The molecule has 2 aliphatic carbocycles. The van der Waals surface area contributed by atoms with Crippen LogP contribution in [-0.4, -0.2) is 0 Å². The zero-order valence-corrected chi connectivity index (χ0v) is 34.0. The van der Waals surface area contributed by atoms with Gasteiger partial charge in [0.1, 0.15) is 0 Å². The molecule has 0 aliphatic heterocycles. The minimum absolute atomic E-state index is 0.127. The Morgan fingerprint density at radius 1 is 0.305 bits per heavy atom. The first-order valence-corrected chi connectivity index (χ1v) is 20.8. The predicted octanol–water partition coefficient (Wildman–Crippen LogP) is 15.9. The number of benzene rings is 9. The molecule has 9 aromatic carbocycles. The summed E-state index contributed by atoms with van der Waals surface area (Å²) in [6.07, 6.45) is 0. The highest BCUT2D eigenvalue weighted by atomic mass is 15.1. The Morgan fingerprint density at radius 2 is 0.780 bits per heavy atom. The second-order valence-corrected chi connectivity index (χ2v) is 17.3. The van der Waals surface area contributed by atoms with E-state index in [1.54, 1.807) is 0 Å². The molecule has 0 fully saturated rings. The molecule has 11 rings (SSSR count). The molecule has 0 saturated carbocycles. The van der Waals surface area contributed by atoms with Gasteiger partial charge in [-0.15, -0.1) is 0 Å². The number of rotatable bonds is 6. The molecule has 1 heteroatoms. The van der Waals surface area contributed by atoms with Gasteiger partial charge >= 0.3 is 0 Å². The van der Waals surface area contributed by atoms with Gasteiger partial charge in [0.25, 0.3) is 0 Å².